The Kier molecular flexibility index (Phi) is 8.18. The van der Waals surface area contributed by atoms with E-state index in [1.54, 1.807) is 0 Å². The van der Waals surface area contributed by atoms with Crippen LogP contribution in [-0.2, 0) is 0 Å². The van der Waals surface area contributed by atoms with E-state index in [-0.39, 0.29) is 0 Å². The molecule has 1 heterocycles. The summed E-state index contributed by atoms with van der Waals surface area (Å²) in [5, 5.41) is 0.904. The highest BCUT2D eigenvalue weighted by Gasteiger charge is 2.27. The lowest BCUT2D eigenvalue weighted by atomic mass is 9.93. The second-order valence-electron chi connectivity index (χ2n) is 10.5. The van der Waals surface area contributed by atoms with Crippen molar-refractivity contribution < 1.29 is 0 Å². The second kappa shape index (κ2) is 10.4. The van der Waals surface area contributed by atoms with Crippen LogP contribution in [0.3, 0.4) is 0 Å². The van der Waals surface area contributed by atoms with E-state index in [1.807, 2.05) is 0 Å². The van der Waals surface area contributed by atoms with Gasteiger partial charge in [-0.05, 0) is 152 Å². The summed E-state index contributed by atoms with van der Waals surface area (Å²) in [5.41, 5.74) is 18.5. The maximum atomic E-state index is 5.24. The number of benzene rings is 2. The van der Waals surface area contributed by atoms with Gasteiger partial charge in [-0.15, -0.1) is 11.8 Å². The van der Waals surface area contributed by atoms with E-state index in [0.717, 1.165) is 0 Å². The van der Waals surface area contributed by atoms with Gasteiger partial charge in [0.15, 0.2) is 0 Å². The van der Waals surface area contributed by atoms with Crippen LogP contribution in [0.15, 0.2) is 9.98 Å². The van der Waals surface area contributed by atoms with Gasteiger partial charge in [-0.3, -0.25) is 9.98 Å². The van der Waals surface area contributed by atoms with Crippen molar-refractivity contribution in [3.63, 3.8) is 0 Å². The van der Waals surface area contributed by atoms with Crippen LogP contribution < -0.4 is 0 Å². The van der Waals surface area contributed by atoms with Crippen molar-refractivity contribution in [1.29, 1.82) is 0 Å². The predicted octanol–water partition coefficient (Wildman–Crippen LogP) is 9.31. The zero-order valence-electron chi connectivity index (χ0n) is 23.6. The molecule has 184 valence electrons. The Balaban J connectivity index is 1.91. The summed E-state index contributed by atoms with van der Waals surface area (Å²) in [4.78, 5) is 10.5. The summed E-state index contributed by atoms with van der Waals surface area (Å²) < 4.78 is 0. The van der Waals surface area contributed by atoms with Crippen LogP contribution in [-0.4, -0.2) is 21.9 Å². The van der Waals surface area contributed by atoms with Crippen LogP contribution in [0.1, 0.15) is 88.7 Å². The smallest absolute Gasteiger partial charge is 0.0693 e. The maximum absolute atomic E-state index is 5.24. The van der Waals surface area contributed by atoms with E-state index < -0.39 is 0 Å². The molecule has 0 aliphatic carbocycles. The van der Waals surface area contributed by atoms with Crippen LogP contribution in [0.4, 0.5) is 11.4 Å². The lowest BCUT2D eigenvalue weighted by molar-refractivity contribution is 0.702. The van der Waals surface area contributed by atoms with E-state index in [9.17, 15) is 0 Å². The fraction of sp³-hybridized carbons (Fsp3) is 0.548. The number of aliphatic imine (C=N–C) groups is 2. The number of hydrogen-bond acceptors (Lipinski definition) is 3. The molecule has 0 amide bonds. The molecular formula is C31H44N2S. The van der Waals surface area contributed by atoms with Gasteiger partial charge in [0.25, 0.3) is 0 Å². The minimum atomic E-state index is 0.452. The van der Waals surface area contributed by atoms with Crippen LogP contribution >= 0.6 is 11.8 Å². The van der Waals surface area contributed by atoms with E-state index in [0.29, 0.717) is 10.5 Å². The van der Waals surface area contributed by atoms with Crippen molar-refractivity contribution in [1.82, 2.24) is 0 Å². The molecule has 2 atom stereocenters. The normalized spacial score (nSPS) is 19.6. The van der Waals surface area contributed by atoms with Gasteiger partial charge >= 0.3 is 0 Å². The fourth-order valence-electron chi connectivity index (χ4n) is 5.23. The molecule has 2 unspecified atom stereocenters. The van der Waals surface area contributed by atoms with Gasteiger partial charge in [0.1, 0.15) is 0 Å². The molecule has 0 radical (unpaired) electrons. The predicted molar refractivity (Wildman–Crippen MR) is 155 cm³/mol. The molecule has 2 aromatic rings. The highest BCUT2D eigenvalue weighted by molar-refractivity contribution is 8.02. The van der Waals surface area contributed by atoms with Crippen LogP contribution in [0.5, 0.6) is 0 Å². The first kappa shape index (κ1) is 26.7. The third kappa shape index (κ3) is 4.91. The lowest BCUT2D eigenvalue weighted by Crippen LogP contribution is -2.27. The van der Waals surface area contributed by atoms with E-state index in [2.05, 4.69) is 94.8 Å². The second-order valence-corrected chi connectivity index (χ2v) is 11.9. The molecule has 0 saturated carbocycles. The molecule has 1 aliphatic rings. The summed E-state index contributed by atoms with van der Waals surface area (Å²) in [7, 11) is 0. The average Bonchev–Trinajstić information content (AvgIpc) is 2.84. The van der Waals surface area contributed by atoms with Crippen molar-refractivity contribution in [3.05, 3.63) is 55.6 Å². The highest BCUT2D eigenvalue weighted by Crippen LogP contribution is 2.38. The Bertz CT molecular complexity index is 1030. The van der Waals surface area contributed by atoms with Gasteiger partial charge < -0.3 is 0 Å². The zero-order valence-corrected chi connectivity index (χ0v) is 24.4. The Morgan fingerprint density at radius 2 is 0.765 bits per heavy atom. The number of nitrogens with zero attached hydrogens (tertiary/aromatic N) is 2. The Morgan fingerprint density at radius 3 is 1.06 bits per heavy atom. The van der Waals surface area contributed by atoms with Gasteiger partial charge in [0, 0.05) is 21.9 Å². The molecule has 0 spiro atoms. The van der Waals surface area contributed by atoms with Crippen molar-refractivity contribution in [2.24, 2.45) is 9.98 Å². The first-order chi connectivity index (χ1) is 15.9. The Labute approximate surface area is 212 Å². The summed E-state index contributed by atoms with van der Waals surface area (Å²) in [6.45, 7) is 26.8. The van der Waals surface area contributed by atoms with Gasteiger partial charge in [-0.25, -0.2) is 0 Å². The fourth-order valence-corrected chi connectivity index (χ4v) is 6.73. The minimum Gasteiger partial charge on any atom is -0.256 e. The average molecular weight is 477 g/mol. The largest absolute Gasteiger partial charge is 0.256 e. The van der Waals surface area contributed by atoms with Crippen molar-refractivity contribution in [3.8, 4) is 0 Å². The van der Waals surface area contributed by atoms with Gasteiger partial charge in [-0.2, -0.15) is 0 Å². The van der Waals surface area contributed by atoms with Crippen molar-refractivity contribution in [2.45, 2.75) is 113 Å². The third-order valence-electron chi connectivity index (χ3n) is 8.69. The molecule has 3 rings (SSSR count). The van der Waals surface area contributed by atoms with E-state index >= 15 is 0 Å². The van der Waals surface area contributed by atoms with Gasteiger partial charge in [-0.1, -0.05) is 6.42 Å². The van der Waals surface area contributed by atoms with Crippen LogP contribution in [0.25, 0.3) is 0 Å². The molecule has 0 N–H and O–H groups in total. The first-order valence-electron chi connectivity index (χ1n) is 12.8. The van der Waals surface area contributed by atoms with Crippen LogP contribution in [0, 0.1) is 69.2 Å². The first-order valence-corrected chi connectivity index (χ1v) is 13.7. The third-order valence-corrected chi connectivity index (χ3v) is 10.5. The quantitative estimate of drug-likeness (QED) is 0.403. The monoisotopic (exact) mass is 476 g/mol. The van der Waals surface area contributed by atoms with Gasteiger partial charge in [0.2, 0.25) is 0 Å². The summed E-state index contributed by atoms with van der Waals surface area (Å²) >= 11 is 2.07. The summed E-state index contributed by atoms with van der Waals surface area (Å²) in [5.74, 6) is 0. The zero-order chi connectivity index (χ0) is 25.5. The highest BCUT2D eigenvalue weighted by atomic mass is 32.2. The molecule has 1 aliphatic heterocycles. The summed E-state index contributed by atoms with van der Waals surface area (Å²) in [6, 6.07) is 0. The minimum absolute atomic E-state index is 0.452. The molecule has 1 saturated heterocycles. The lowest BCUT2D eigenvalue weighted by Gasteiger charge is -2.29. The standard InChI is InChI=1S/C31H44N2S/c1-16-18(3)22(7)30(23(8)19(16)4)32-26(11)28-14-13-15-29(34-28)27(12)33-31-24(9)20(5)17(2)21(6)25(31)10/h28-29H,13-15H2,1-12H3/b32-26+,33-27+. The van der Waals surface area contributed by atoms with Crippen molar-refractivity contribution >= 4 is 34.6 Å². The van der Waals surface area contributed by atoms with Crippen molar-refractivity contribution in [2.75, 3.05) is 0 Å². The SMILES string of the molecule is C/C(=N\c1c(C)c(C)c(C)c(C)c1C)C1CCCC(/C(C)=N/c2c(C)c(C)c(C)c(C)c2C)S1. The number of thioether (sulfide) groups is 1. The summed E-state index contributed by atoms with van der Waals surface area (Å²) in [6.07, 6.45) is 3.63. The Hall–Kier alpha value is -1.87. The molecule has 1 fully saturated rings. The maximum Gasteiger partial charge on any atom is 0.0693 e. The number of hydrogen-bond donors (Lipinski definition) is 0. The Morgan fingerprint density at radius 1 is 0.500 bits per heavy atom. The molecule has 0 bridgehead atoms. The molecule has 2 aromatic carbocycles. The molecular weight excluding hydrogens is 432 g/mol. The molecule has 34 heavy (non-hydrogen) atoms. The van der Waals surface area contributed by atoms with E-state index in [1.165, 1.54) is 97.7 Å². The molecule has 0 aromatic heterocycles. The van der Waals surface area contributed by atoms with E-state index in [4.69, 9.17) is 9.98 Å². The number of rotatable bonds is 4. The molecule has 3 heteroatoms. The van der Waals surface area contributed by atoms with Gasteiger partial charge in [0.05, 0.1) is 11.4 Å². The molecule has 2 nitrogen and oxygen atoms in total. The van der Waals surface area contributed by atoms with Crippen LogP contribution in [0.2, 0.25) is 0 Å². The topological polar surface area (TPSA) is 24.7 Å².